The molecule has 0 aliphatic heterocycles. The molecular weight excluding hydrogens is 624 g/mol. The third kappa shape index (κ3) is 5.51. The fraction of sp³-hybridized carbons (Fsp3) is 0.306. The van der Waals surface area contributed by atoms with Gasteiger partial charge in [-0.15, -0.1) is 0 Å². The van der Waals surface area contributed by atoms with Crippen LogP contribution in [-0.2, 0) is 9.53 Å². The minimum atomic E-state index is -0.748. The molecule has 0 saturated heterocycles. The molecule has 3 aliphatic carbocycles. The van der Waals surface area contributed by atoms with E-state index < -0.39 is 16.6 Å². The summed E-state index contributed by atoms with van der Waals surface area (Å²) in [6.45, 7) is 7.64. The summed E-state index contributed by atoms with van der Waals surface area (Å²) in [5.41, 5.74) is 3.67. The number of amides is 1. The third-order valence-corrected chi connectivity index (χ3v) is 9.42. The number of carbonyl (C=O) groups excluding carboxylic acids is 2. The molecule has 1 saturated carbocycles. The van der Waals surface area contributed by atoms with Crippen LogP contribution < -0.4 is 5.32 Å². The summed E-state index contributed by atoms with van der Waals surface area (Å²) in [6.07, 6.45) is 4.43. The van der Waals surface area contributed by atoms with Gasteiger partial charge in [-0.3, -0.25) is 9.59 Å². The summed E-state index contributed by atoms with van der Waals surface area (Å²) in [6, 6.07) is 23.4. The normalized spacial score (nSPS) is 21.4. The van der Waals surface area contributed by atoms with Gasteiger partial charge in [0.1, 0.15) is 5.60 Å². The van der Waals surface area contributed by atoms with Gasteiger partial charge in [0.25, 0.3) is 5.91 Å². The number of nitrogens with one attached hydrogen (secondary N) is 1. The zero-order chi connectivity index (χ0) is 30.6. The van der Waals surface area contributed by atoms with E-state index in [-0.39, 0.29) is 11.9 Å². The summed E-state index contributed by atoms with van der Waals surface area (Å²) in [5, 5.41) is 4.87. The molecule has 4 aromatic rings. The number of ether oxygens (including phenoxy) is 1. The minimum Gasteiger partial charge on any atom is -0.459 e. The van der Waals surface area contributed by atoms with E-state index in [0.29, 0.717) is 36.3 Å². The molecule has 2 bridgehead atoms. The second-order valence-corrected chi connectivity index (χ2v) is 14.1. The van der Waals surface area contributed by atoms with Gasteiger partial charge in [0.15, 0.2) is 0 Å². The van der Waals surface area contributed by atoms with Crippen LogP contribution in [0.3, 0.4) is 0 Å². The maximum Gasteiger partial charge on any atom is 0.316 e. The number of aromatic nitrogens is 1. The fourth-order valence-corrected chi connectivity index (χ4v) is 7.13. The largest absolute Gasteiger partial charge is 0.459 e. The number of nitrogens with zero attached hydrogens (tertiary/aromatic N) is 1. The zero-order valence-corrected chi connectivity index (χ0v) is 27.1. The first-order valence-corrected chi connectivity index (χ1v) is 15.8. The highest BCUT2D eigenvalue weighted by Gasteiger charge is 2.55. The van der Waals surface area contributed by atoms with E-state index in [2.05, 4.69) is 21.2 Å². The van der Waals surface area contributed by atoms with Crippen molar-refractivity contribution in [3.05, 3.63) is 105 Å². The van der Waals surface area contributed by atoms with Crippen molar-refractivity contribution in [2.75, 3.05) is 0 Å². The van der Waals surface area contributed by atoms with E-state index in [4.69, 9.17) is 21.3 Å². The Balaban J connectivity index is 1.47. The quantitative estimate of drug-likeness (QED) is 0.218. The molecule has 1 amide bonds. The lowest BCUT2D eigenvalue weighted by atomic mass is 9.57. The average Bonchev–Trinajstić information content (AvgIpc) is 2.97. The fourth-order valence-electron chi connectivity index (χ4n) is 6.58. The lowest BCUT2D eigenvalue weighted by Crippen LogP contribution is -2.58. The molecule has 3 aliphatic rings. The molecule has 220 valence electrons. The van der Waals surface area contributed by atoms with Crippen LogP contribution >= 0.6 is 27.5 Å². The number of rotatable bonds is 5. The summed E-state index contributed by atoms with van der Waals surface area (Å²) in [7, 11) is 0. The number of esters is 1. The molecule has 43 heavy (non-hydrogen) atoms. The van der Waals surface area contributed by atoms with Gasteiger partial charge in [-0.2, -0.15) is 0 Å². The van der Waals surface area contributed by atoms with Gasteiger partial charge in [0.05, 0.1) is 27.7 Å². The first-order chi connectivity index (χ1) is 20.4. The van der Waals surface area contributed by atoms with Gasteiger partial charge in [-0.1, -0.05) is 76.1 Å². The molecule has 0 unspecified atom stereocenters. The number of benzene rings is 3. The zero-order valence-electron chi connectivity index (χ0n) is 24.8. The Bertz CT molecular complexity index is 1780. The van der Waals surface area contributed by atoms with E-state index in [9.17, 15) is 9.59 Å². The number of carbonyl (C=O) groups is 2. The highest BCUT2D eigenvalue weighted by molar-refractivity contribution is 9.10. The van der Waals surface area contributed by atoms with Crippen molar-refractivity contribution in [1.29, 1.82) is 0 Å². The number of fused-ring (bicyclic) bond motifs is 3. The Kier molecular flexibility index (Phi) is 7.50. The van der Waals surface area contributed by atoms with Crippen LogP contribution in [0.25, 0.3) is 27.7 Å². The van der Waals surface area contributed by atoms with E-state index >= 15 is 0 Å². The number of hydrogen-bond acceptors (Lipinski definition) is 4. The molecule has 0 radical (unpaired) electrons. The standard InChI is InChI=1S/C36H34BrClN2O3/c1-22-30(27-20-25(37)13-14-29(27)39-31(22)23-9-6-5-7-10-23)32(41)40-36-17-15-35(16-18-36,33(42)43-34(2,3)4)21-28(36)24-11-8-12-26(38)19-24/h5-14,19-21H,15-18H2,1-4H3,(H,40,41). The van der Waals surface area contributed by atoms with Crippen molar-refractivity contribution in [2.45, 2.75) is 64.5 Å². The first kappa shape index (κ1) is 29.6. The summed E-state index contributed by atoms with van der Waals surface area (Å²) in [5.74, 6) is -0.382. The average molecular weight is 658 g/mol. The molecule has 7 heteroatoms. The predicted molar refractivity (Wildman–Crippen MR) is 176 cm³/mol. The molecule has 0 atom stereocenters. The molecule has 3 aromatic carbocycles. The van der Waals surface area contributed by atoms with Crippen molar-refractivity contribution < 1.29 is 14.3 Å². The molecular formula is C36H34BrClN2O3. The molecule has 1 heterocycles. The van der Waals surface area contributed by atoms with Crippen LogP contribution in [0.5, 0.6) is 0 Å². The molecule has 1 N–H and O–H groups in total. The molecule has 1 aromatic heterocycles. The van der Waals surface area contributed by atoms with Gasteiger partial charge in [0.2, 0.25) is 0 Å². The second kappa shape index (κ2) is 10.9. The van der Waals surface area contributed by atoms with Gasteiger partial charge in [-0.25, -0.2) is 4.98 Å². The Labute approximate surface area is 265 Å². The molecule has 1 fully saturated rings. The Morgan fingerprint density at radius 3 is 2.30 bits per heavy atom. The topological polar surface area (TPSA) is 68.3 Å². The van der Waals surface area contributed by atoms with Crippen LogP contribution in [0.4, 0.5) is 0 Å². The number of pyridine rings is 1. The van der Waals surface area contributed by atoms with Gasteiger partial charge >= 0.3 is 5.97 Å². The molecule has 0 spiro atoms. The molecule has 7 rings (SSSR count). The van der Waals surface area contributed by atoms with Crippen LogP contribution in [0.15, 0.2) is 83.3 Å². The van der Waals surface area contributed by atoms with E-state index in [1.165, 1.54) is 0 Å². The van der Waals surface area contributed by atoms with Crippen molar-refractivity contribution >= 4 is 55.9 Å². The van der Waals surface area contributed by atoms with Crippen LogP contribution in [0.1, 0.15) is 67.9 Å². The summed E-state index contributed by atoms with van der Waals surface area (Å²) >= 11 is 10.1. The number of hydrogen-bond donors (Lipinski definition) is 1. The van der Waals surface area contributed by atoms with E-state index in [1.54, 1.807) is 0 Å². The highest BCUT2D eigenvalue weighted by atomic mass is 79.9. The van der Waals surface area contributed by atoms with Crippen molar-refractivity contribution in [2.24, 2.45) is 5.41 Å². The lowest BCUT2D eigenvalue weighted by molar-refractivity contribution is -0.167. The predicted octanol–water partition coefficient (Wildman–Crippen LogP) is 9.09. The first-order valence-electron chi connectivity index (χ1n) is 14.6. The molecule has 5 nitrogen and oxygen atoms in total. The smallest absolute Gasteiger partial charge is 0.316 e. The van der Waals surface area contributed by atoms with Crippen LogP contribution in [0, 0.1) is 12.3 Å². The minimum absolute atomic E-state index is 0.167. The SMILES string of the molecule is Cc1c(-c2ccccc2)nc2ccc(Br)cc2c1C(=O)NC12CCC(C(=O)OC(C)(C)C)(C=C1c1cccc(Cl)c1)CC2. The number of halogens is 2. The van der Waals surface area contributed by atoms with Gasteiger partial charge < -0.3 is 10.1 Å². The lowest BCUT2D eigenvalue weighted by Gasteiger charge is -2.52. The van der Waals surface area contributed by atoms with Crippen LogP contribution in [-0.4, -0.2) is 28.0 Å². The van der Waals surface area contributed by atoms with Gasteiger partial charge in [-0.05, 0) is 100 Å². The maximum atomic E-state index is 14.6. The maximum absolute atomic E-state index is 14.6. The van der Waals surface area contributed by atoms with Crippen molar-refractivity contribution in [1.82, 2.24) is 10.3 Å². The summed E-state index contributed by atoms with van der Waals surface area (Å²) in [4.78, 5) is 33.1. The second-order valence-electron chi connectivity index (χ2n) is 12.8. The Hall–Kier alpha value is -3.48. The van der Waals surface area contributed by atoms with E-state index in [1.807, 2.05) is 107 Å². The highest BCUT2D eigenvalue weighted by Crippen LogP contribution is 2.55. The van der Waals surface area contributed by atoms with E-state index in [0.717, 1.165) is 43.3 Å². The van der Waals surface area contributed by atoms with Crippen molar-refractivity contribution in [3.8, 4) is 11.3 Å². The van der Waals surface area contributed by atoms with Crippen LogP contribution in [0.2, 0.25) is 5.02 Å². The Morgan fingerprint density at radius 1 is 0.930 bits per heavy atom. The third-order valence-electron chi connectivity index (χ3n) is 8.69. The Morgan fingerprint density at radius 2 is 1.63 bits per heavy atom. The monoisotopic (exact) mass is 656 g/mol. The summed E-state index contributed by atoms with van der Waals surface area (Å²) < 4.78 is 6.78. The van der Waals surface area contributed by atoms with Crippen molar-refractivity contribution in [3.63, 3.8) is 0 Å². The van der Waals surface area contributed by atoms with Gasteiger partial charge in [0, 0.05) is 20.4 Å².